The number of aryl methyl sites for hydroxylation is 1. The summed E-state index contributed by atoms with van der Waals surface area (Å²) in [4.78, 5) is 22.4. The molecule has 0 spiro atoms. The average molecular weight is 262 g/mol. The summed E-state index contributed by atoms with van der Waals surface area (Å²) in [5.74, 6) is -1.08. The zero-order valence-corrected chi connectivity index (χ0v) is 10.8. The Morgan fingerprint density at radius 2 is 2.00 bits per heavy atom. The summed E-state index contributed by atoms with van der Waals surface area (Å²) in [7, 11) is 0. The lowest BCUT2D eigenvalue weighted by Crippen LogP contribution is -2.45. The number of hydrogen-bond donors (Lipinski definition) is 3. The van der Waals surface area contributed by atoms with Crippen molar-refractivity contribution in [1.29, 1.82) is 0 Å². The van der Waals surface area contributed by atoms with Crippen molar-refractivity contribution in [2.75, 3.05) is 0 Å². The molecule has 3 N–H and O–H groups in total. The molecule has 1 atom stereocenters. The minimum atomic E-state index is -1.08. The molecule has 0 aliphatic heterocycles. The first kappa shape index (κ1) is 14.8. The smallest absolute Gasteiger partial charge is 0.326 e. The monoisotopic (exact) mass is 262 g/mol. The quantitative estimate of drug-likeness (QED) is 0.684. The molecular weight excluding hydrogens is 244 g/mol. The highest BCUT2D eigenvalue weighted by Gasteiger charge is 2.17. The third-order valence-corrected chi connectivity index (χ3v) is 2.58. The maximum absolute atomic E-state index is 11.6. The standard InChI is InChI=1S/C14H18N2O3/c1-3-4-12(13(17)18)16-14(19)15-9-11-7-5-10(2)6-8-11/h3,5-8,12H,1,4,9H2,2H3,(H,17,18)(H2,15,16,19). The minimum absolute atomic E-state index is 0.188. The molecule has 0 aliphatic rings. The zero-order chi connectivity index (χ0) is 14.3. The molecule has 1 aromatic carbocycles. The number of carboxylic acid groups (broad SMARTS) is 1. The second-order valence-electron chi connectivity index (χ2n) is 4.23. The highest BCUT2D eigenvalue weighted by Crippen LogP contribution is 2.02. The fourth-order valence-corrected chi connectivity index (χ4v) is 1.49. The first-order valence-corrected chi connectivity index (χ1v) is 5.96. The van der Waals surface area contributed by atoms with Crippen LogP contribution in [0, 0.1) is 6.92 Å². The van der Waals surface area contributed by atoms with Crippen molar-refractivity contribution in [1.82, 2.24) is 10.6 Å². The summed E-state index contributed by atoms with van der Waals surface area (Å²) in [5.41, 5.74) is 2.10. The van der Waals surface area contributed by atoms with E-state index in [1.807, 2.05) is 31.2 Å². The number of benzene rings is 1. The number of urea groups is 1. The number of aliphatic carboxylic acids is 1. The Hall–Kier alpha value is -2.30. The van der Waals surface area contributed by atoms with Crippen LogP contribution in [-0.2, 0) is 11.3 Å². The summed E-state index contributed by atoms with van der Waals surface area (Å²) in [6, 6.07) is 6.27. The summed E-state index contributed by atoms with van der Waals surface area (Å²) in [6.45, 7) is 5.79. The van der Waals surface area contributed by atoms with Crippen molar-refractivity contribution in [3.63, 3.8) is 0 Å². The maximum Gasteiger partial charge on any atom is 0.326 e. The van der Waals surface area contributed by atoms with Crippen molar-refractivity contribution in [2.45, 2.75) is 25.9 Å². The predicted octanol–water partition coefficient (Wildman–Crippen LogP) is 1.82. The van der Waals surface area contributed by atoms with E-state index in [0.29, 0.717) is 6.54 Å². The SMILES string of the molecule is C=CCC(NC(=O)NCc1ccc(C)cc1)C(=O)O. The minimum Gasteiger partial charge on any atom is -0.480 e. The lowest BCUT2D eigenvalue weighted by Gasteiger charge is -2.13. The highest BCUT2D eigenvalue weighted by molar-refractivity contribution is 5.82. The predicted molar refractivity (Wildman–Crippen MR) is 72.8 cm³/mol. The summed E-state index contributed by atoms with van der Waals surface area (Å²) < 4.78 is 0. The Bertz CT molecular complexity index is 454. The van der Waals surface area contributed by atoms with Gasteiger partial charge >= 0.3 is 12.0 Å². The number of carbonyl (C=O) groups is 2. The lowest BCUT2D eigenvalue weighted by atomic mass is 10.1. The van der Waals surface area contributed by atoms with E-state index in [4.69, 9.17) is 5.11 Å². The normalized spacial score (nSPS) is 11.4. The number of hydrogen-bond acceptors (Lipinski definition) is 2. The summed E-state index contributed by atoms with van der Waals surface area (Å²) in [6.07, 6.45) is 1.65. The van der Waals surface area contributed by atoms with Crippen LogP contribution < -0.4 is 10.6 Å². The molecule has 0 saturated carbocycles. The second kappa shape index (κ2) is 7.20. The largest absolute Gasteiger partial charge is 0.480 e. The van der Waals surface area contributed by atoms with E-state index in [9.17, 15) is 9.59 Å². The van der Waals surface area contributed by atoms with Crippen LogP contribution in [0.4, 0.5) is 4.79 Å². The fourth-order valence-electron chi connectivity index (χ4n) is 1.49. The van der Waals surface area contributed by atoms with Gasteiger partial charge in [-0.05, 0) is 18.9 Å². The van der Waals surface area contributed by atoms with Gasteiger partial charge in [-0.15, -0.1) is 6.58 Å². The molecular formula is C14H18N2O3. The van der Waals surface area contributed by atoms with E-state index in [2.05, 4.69) is 17.2 Å². The van der Waals surface area contributed by atoms with Gasteiger partial charge in [0.05, 0.1) is 0 Å². The van der Waals surface area contributed by atoms with E-state index < -0.39 is 18.0 Å². The third kappa shape index (κ3) is 5.25. The van der Waals surface area contributed by atoms with Gasteiger partial charge in [-0.2, -0.15) is 0 Å². The first-order chi connectivity index (χ1) is 9.02. The van der Waals surface area contributed by atoms with Crippen LogP contribution in [0.1, 0.15) is 17.5 Å². The number of amides is 2. The van der Waals surface area contributed by atoms with Gasteiger partial charge in [0, 0.05) is 6.54 Å². The molecule has 0 fully saturated rings. The Morgan fingerprint density at radius 3 is 2.53 bits per heavy atom. The summed E-state index contributed by atoms with van der Waals surface area (Å²) >= 11 is 0. The number of carbonyl (C=O) groups excluding carboxylic acids is 1. The van der Waals surface area contributed by atoms with Crippen molar-refractivity contribution in [3.8, 4) is 0 Å². The molecule has 102 valence electrons. The summed E-state index contributed by atoms with van der Waals surface area (Å²) in [5, 5.41) is 13.9. The first-order valence-electron chi connectivity index (χ1n) is 5.96. The second-order valence-corrected chi connectivity index (χ2v) is 4.23. The van der Waals surface area contributed by atoms with Gasteiger partial charge in [-0.1, -0.05) is 35.9 Å². The molecule has 19 heavy (non-hydrogen) atoms. The van der Waals surface area contributed by atoms with Crippen LogP contribution in [0.15, 0.2) is 36.9 Å². The fraction of sp³-hybridized carbons (Fsp3) is 0.286. The molecule has 0 saturated heterocycles. The third-order valence-electron chi connectivity index (χ3n) is 2.58. The van der Waals surface area contributed by atoms with Crippen LogP contribution in [-0.4, -0.2) is 23.1 Å². The number of nitrogens with one attached hydrogen (secondary N) is 2. The van der Waals surface area contributed by atoms with Gasteiger partial charge in [0.25, 0.3) is 0 Å². The molecule has 1 aromatic rings. The Balaban J connectivity index is 2.44. The van der Waals surface area contributed by atoms with Crippen LogP contribution in [0.2, 0.25) is 0 Å². The molecule has 5 heteroatoms. The van der Waals surface area contributed by atoms with Gasteiger partial charge in [-0.3, -0.25) is 0 Å². The Labute approximate surface area is 112 Å². The van der Waals surface area contributed by atoms with Crippen LogP contribution in [0.25, 0.3) is 0 Å². The van der Waals surface area contributed by atoms with E-state index in [-0.39, 0.29) is 6.42 Å². The lowest BCUT2D eigenvalue weighted by molar-refractivity contribution is -0.139. The molecule has 0 bridgehead atoms. The van der Waals surface area contributed by atoms with E-state index in [0.717, 1.165) is 11.1 Å². The van der Waals surface area contributed by atoms with Gasteiger partial charge in [0.1, 0.15) is 6.04 Å². The molecule has 0 radical (unpaired) electrons. The molecule has 1 rings (SSSR count). The molecule has 5 nitrogen and oxygen atoms in total. The Kier molecular flexibility index (Phi) is 5.60. The van der Waals surface area contributed by atoms with Gasteiger partial charge < -0.3 is 15.7 Å². The molecule has 0 aromatic heterocycles. The Morgan fingerprint density at radius 1 is 1.37 bits per heavy atom. The van der Waals surface area contributed by atoms with Crippen molar-refractivity contribution in [3.05, 3.63) is 48.0 Å². The average Bonchev–Trinajstić information content (AvgIpc) is 2.37. The van der Waals surface area contributed by atoms with Gasteiger partial charge in [-0.25, -0.2) is 9.59 Å². The topological polar surface area (TPSA) is 78.4 Å². The molecule has 2 amide bonds. The molecule has 0 heterocycles. The maximum atomic E-state index is 11.6. The zero-order valence-electron chi connectivity index (χ0n) is 10.8. The van der Waals surface area contributed by atoms with Gasteiger partial charge in [0.15, 0.2) is 0 Å². The molecule has 1 unspecified atom stereocenters. The highest BCUT2D eigenvalue weighted by atomic mass is 16.4. The number of rotatable bonds is 6. The van der Waals surface area contributed by atoms with Crippen LogP contribution in [0.3, 0.4) is 0 Å². The van der Waals surface area contributed by atoms with Crippen molar-refractivity contribution < 1.29 is 14.7 Å². The van der Waals surface area contributed by atoms with E-state index in [1.165, 1.54) is 6.08 Å². The van der Waals surface area contributed by atoms with Crippen molar-refractivity contribution in [2.24, 2.45) is 0 Å². The van der Waals surface area contributed by atoms with E-state index in [1.54, 1.807) is 0 Å². The number of carboxylic acids is 1. The van der Waals surface area contributed by atoms with Crippen LogP contribution >= 0.6 is 0 Å². The van der Waals surface area contributed by atoms with Crippen LogP contribution in [0.5, 0.6) is 0 Å². The molecule has 0 aliphatic carbocycles. The van der Waals surface area contributed by atoms with Crippen molar-refractivity contribution >= 4 is 12.0 Å². The van der Waals surface area contributed by atoms with Gasteiger partial charge in [0.2, 0.25) is 0 Å². The van der Waals surface area contributed by atoms with E-state index >= 15 is 0 Å².